The van der Waals surface area contributed by atoms with E-state index in [-0.39, 0.29) is 6.10 Å². The molecule has 6 heteroatoms. The monoisotopic (exact) mass is 306 g/mol. The van der Waals surface area contributed by atoms with E-state index in [2.05, 4.69) is 27.6 Å². The molecular formula is C16H26N4O2. The van der Waals surface area contributed by atoms with E-state index in [9.17, 15) is 0 Å². The number of guanidine groups is 1. The molecule has 2 rings (SSSR count). The quantitative estimate of drug-likeness (QED) is 0.457. The van der Waals surface area contributed by atoms with Gasteiger partial charge in [0, 0.05) is 26.7 Å². The molecule has 0 radical (unpaired) electrons. The van der Waals surface area contributed by atoms with Crippen LogP contribution < -0.4 is 15.4 Å². The maximum atomic E-state index is 5.72. The number of likely N-dealkylation sites (N-methyl/N-ethyl adjacent to an activating group) is 1. The van der Waals surface area contributed by atoms with Gasteiger partial charge in [-0.05, 0) is 19.2 Å². The van der Waals surface area contributed by atoms with E-state index in [1.54, 1.807) is 7.05 Å². The number of hydrogen-bond acceptors (Lipinski definition) is 4. The molecule has 0 saturated carbocycles. The van der Waals surface area contributed by atoms with E-state index >= 15 is 0 Å². The Morgan fingerprint density at radius 3 is 2.91 bits per heavy atom. The fourth-order valence-corrected chi connectivity index (χ4v) is 2.28. The van der Waals surface area contributed by atoms with Crippen molar-refractivity contribution in [2.24, 2.45) is 4.99 Å². The zero-order valence-corrected chi connectivity index (χ0v) is 13.4. The molecule has 1 aliphatic heterocycles. The summed E-state index contributed by atoms with van der Waals surface area (Å²) in [6, 6.07) is 9.80. The van der Waals surface area contributed by atoms with Crippen molar-refractivity contribution >= 4 is 5.96 Å². The molecule has 6 nitrogen and oxygen atoms in total. The van der Waals surface area contributed by atoms with Gasteiger partial charge in [0.1, 0.15) is 12.4 Å². The number of rotatable bonds is 6. The van der Waals surface area contributed by atoms with E-state index in [0.29, 0.717) is 13.2 Å². The van der Waals surface area contributed by atoms with Gasteiger partial charge in [-0.2, -0.15) is 0 Å². The Morgan fingerprint density at radius 1 is 1.36 bits per heavy atom. The van der Waals surface area contributed by atoms with Crippen LogP contribution in [0.5, 0.6) is 5.75 Å². The highest BCUT2D eigenvalue weighted by Gasteiger charge is 2.17. The average molecular weight is 306 g/mol. The third-order valence-corrected chi connectivity index (χ3v) is 3.47. The number of benzene rings is 1. The molecule has 0 spiro atoms. The molecule has 0 amide bonds. The van der Waals surface area contributed by atoms with Crippen LogP contribution in [0.25, 0.3) is 0 Å². The largest absolute Gasteiger partial charge is 0.492 e. The van der Waals surface area contributed by atoms with Crippen molar-refractivity contribution in [2.75, 3.05) is 53.5 Å². The molecule has 22 heavy (non-hydrogen) atoms. The number of ether oxygens (including phenoxy) is 2. The number of aliphatic imine (C=N–C) groups is 1. The lowest BCUT2D eigenvalue weighted by atomic mass is 10.3. The van der Waals surface area contributed by atoms with Crippen LogP contribution in [-0.2, 0) is 4.74 Å². The van der Waals surface area contributed by atoms with Crippen LogP contribution in [0.1, 0.15) is 0 Å². The smallest absolute Gasteiger partial charge is 0.191 e. The summed E-state index contributed by atoms with van der Waals surface area (Å²) in [6.07, 6.45) is 0.206. The minimum Gasteiger partial charge on any atom is -0.492 e. The molecule has 1 heterocycles. The molecular weight excluding hydrogens is 280 g/mol. The van der Waals surface area contributed by atoms with Crippen molar-refractivity contribution in [3.05, 3.63) is 30.3 Å². The van der Waals surface area contributed by atoms with Crippen LogP contribution in [0, 0.1) is 0 Å². The van der Waals surface area contributed by atoms with Crippen molar-refractivity contribution in [2.45, 2.75) is 6.10 Å². The van der Waals surface area contributed by atoms with Gasteiger partial charge >= 0.3 is 0 Å². The second-order valence-electron chi connectivity index (χ2n) is 5.30. The number of hydrogen-bond donors (Lipinski definition) is 2. The first-order valence-corrected chi connectivity index (χ1v) is 7.70. The minimum atomic E-state index is 0.206. The third-order valence-electron chi connectivity index (χ3n) is 3.47. The Morgan fingerprint density at radius 2 is 2.18 bits per heavy atom. The van der Waals surface area contributed by atoms with Crippen LogP contribution in [0.2, 0.25) is 0 Å². The zero-order chi connectivity index (χ0) is 15.6. The van der Waals surface area contributed by atoms with Crippen LogP contribution in [0.4, 0.5) is 0 Å². The lowest BCUT2D eigenvalue weighted by Gasteiger charge is -2.30. The lowest BCUT2D eigenvalue weighted by molar-refractivity contribution is -0.0161. The maximum Gasteiger partial charge on any atom is 0.191 e. The summed E-state index contributed by atoms with van der Waals surface area (Å²) in [5.41, 5.74) is 0. The molecule has 1 atom stereocenters. The van der Waals surface area contributed by atoms with E-state index in [0.717, 1.165) is 38.0 Å². The number of nitrogens with zero attached hydrogens (tertiary/aromatic N) is 2. The molecule has 1 saturated heterocycles. The van der Waals surface area contributed by atoms with Crippen molar-refractivity contribution in [3.8, 4) is 5.75 Å². The van der Waals surface area contributed by atoms with E-state index in [1.165, 1.54) is 0 Å². The van der Waals surface area contributed by atoms with Gasteiger partial charge < -0.3 is 25.0 Å². The Kier molecular flexibility index (Phi) is 6.99. The van der Waals surface area contributed by atoms with Gasteiger partial charge in [0.05, 0.1) is 19.3 Å². The normalized spacial score (nSPS) is 19.7. The summed E-state index contributed by atoms with van der Waals surface area (Å²) in [4.78, 5) is 6.48. The van der Waals surface area contributed by atoms with Crippen LogP contribution >= 0.6 is 0 Å². The van der Waals surface area contributed by atoms with E-state index < -0.39 is 0 Å². The van der Waals surface area contributed by atoms with Gasteiger partial charge in [0.2, 0.25) is 0 Å². The average Bonchev–Trinajstić information content (AvgIpc) is 2.55. The molecule has 0 aliphatic carbocycles. The standard InChI is InChI=1S/C16H26N4O2/c1-17-16(19-12-15-13-20(2)9-11-22-15)18-8-10-21-14-6-4-3-5-7-14/h3-7,15H,8-13H2,1-2H3,(H2,17,18,19). The fraction of sp³-hybridized carbons (Fsp3) is 0.562. The summed E-state index contributed by atoms with van der Waals surface area (Å²) in [6.45, 7) is 4.78. The van der Waals surface area contributed by atoms with Gasteiger partial charge in [-0.1, -0.05) is 18.2 Å². The predicted molar refractivity (Wildman–Crippen MR) is 88.5 cm³/mol. The number of para-hydroxylation sites is 1. The van der Waals surface area contributed by atoms with Crippen molar-refractivity contribution in [1.82, 2.24) is 15.5 Å². The Bertz CT molecular complexity index is 453. The Labute approximate surface area is 132 Å². The molecule has 2 N–H and O–H groups in total. The van der Waals surface area contributed by atoms with Gasteiger partial charge in [-0.3, -0.25) is 4.99 Å². The first-order valence-electron chi connectivity index (χ1n) is 7.70. The SMILES string of the molecule is CN=C(NCCOc1ccccc1)NCC1CN(C)CCO1. The molecule has 0 bridgehead atoms. The summed E-state index contributed by atoms with van der Waals surface area (Å²) in [5.74, 6) is 1.65. The highest BCUT2D eigenvalue weighted by Crippen LogP contribution is 2.07. The van der Waals surface area contributed by atoms with Crippen LogP contribution in [0.3, 0.4) is 0 Å². The molecule has 122 valence electrons. The van der Waals surface area contributed by atoms with Crippen molar-refractivity contribution in [3.63, 3.8) is 0 Å². The lowest BCUT2D eigenvalue weighted by Crippen LogP contribution is -2.48. The van der Waals surface area contributed by atoms with Crippen molar-refractivity contribution in [1.29, 1.82) is 0 Å². The van der Waals surface area contributed by atoms with Gasteiger partial charge in [0.25, 0.3) is 0 Å². The minimum absolute atomic E-state index is 0.206. The molecule has 1 unspecified atom stereocenters. The molecule has 1 fully saturated rings. The van der Waals surface area contributed by atoms with Gasteiger partial charge in [-0.25, -0.2) is 0 Å². The predicted octanol–water partition coefficient (Wildman–Crippen LogP) is 0.561. The highest BCUT2D eigenvalue weighted by atomic mass is 16.5. The van der Waals surface area contributed by atoms with Crippen molar-refractivity contribution < 1.29 is 9.47 Å². The molecule has 1 aromatic carbocycles. The fourth-order valence-electron chi connectivity index (χ4n) is 2.28. The van der Waals surface area contributed by atoms with Crippen LogP contribution in [-0.4, -0.2) is 70.5 Å². The number of nitrogens with one attached hydrogen (secondary N) is 2. The maximum absolute atomic E-state index is 5.72. The third kappa shape index (κ3) is 5.91. The molecule has 0 aromatic heterocycles. The molecule has 1 aromatic rings. The second kappa shape index (κ2) is 9.27. The first-order chi connectivity index (χ1) is 10.8. The summed E-state index contributed by atoms with van der Waals surface area (Å²) >= 11 is 0. The van der Waals surface area contributed by atoms with Gasteiger partial charge in [0.15, 0.2) is 5.96 Å². The highest BCUT2D eigenvalue weighted by molar-refractivity contribution is 5.79. The van der Waals surface area contributed by atoms with Crippen LogP contribution in [0.15, 0.2) is 35.3 Å². The first kappa shape index (κ1) is 16.6. The molecule has 1 aliphatic rings. The number of morpholine rings is 1. The second-order valence-corrected chi connectivity index (χ2v) is 5.30. The van der Waals surface area contributed by atoms with Gasteiger partial charge in [-0.15, -0.1) is 0 Å². The summed E-state index contributed by atoms with van der Waals surface area (Å²) < 4.78 is 11.3. The summed E-state index contributed by atoms with van der Waals surface area (Å²) in [5, 5.41) is 6.53. The van der Waals surface area contributed by atoms with E-state index in [1.807, 2.05) is 30.3 Å². The van der Waals surface area contributed by atoms with E-state index in [4.69, 9.17) is 9.47 Å². The zero-order valence-electron chi connectivity index (χ0n) is 13.4. The Hall–Kier alpha value is -1.79. The topological polar surface area (TPSA) is 58.1 Å². The Balaban J connectivity index is 1.61. The summed E-state index contributed by atoms with van der Waals surface area (Å²) in [7, 11) is 3.88.